The lowest BCUT2D eigenvalue weighted by atomic mass is 10.1. The van der Waals surface area contributed by atoms with Gasteiger partial charge in [0, 0.05) is 28.0 Å². The van der Waals surface area contributed by atoms with Crippen LogP contribution in [0.5, 0.6) is 5.19 Å². The summed E-state index contributed by atoms with van der Waals surface area (Å²) in [6.07, 6.45) is 0. The van der Waals surface area contributed by atoms with Crippen molar-refractivity contribution in [2.24, 2.45) is 7.05 Å². The lowest BCUT2D eigenvalue weighted by Gasteiger charge is -2.11. The zero-order chi connectivity index (χ0) is 19.7. The van der Waals surface area contributed by atoms with Crippen LogP contribution in [0.2, 0.25) is 0 Å². The second-order valence-corrected chi connectivity index (χ2v) is 7.81. The molecule has 2 aromatic carbocycles. The summed E-state index contributed by atoms with van der Waals surface area (Å²) in [6.45, 7) is 2.24. The van der Waals surface area contributed by atoms with E-state index in [-0.39, 0.29) is 12.3 Å². The molecule has 0 unspecified atom stereocenters. The first-order chi connectivity index (χ1) is 13.5. The monoisotopic (exact) mass is 457 g/mol. The number of benzene rings is 2. The number of halogens is 1. The van der Waals surface area contributed by atoms with Crippen molar-refractivity contribution in [3.63, 3.8) is 0 Å². The Balaban J connectivity index is 1.61. The summed E-state index contributed by atoms with van der Waals surface area (Å²) in [5.74, 6) is 0. The molecule has 4 aromatic rings. The van der Waals surface area contributed by atoms with Crippen LogP contribution in [-0.4, -0.2) is 24.8 Å². The Labute approximate surface area is 173 Å². The Kier molecular flexibility index (Phi) is 5.10. The number of tetrazole rings is 1. The minimum absolute atomic E-state index is 0.272. The number of ether oxygens (including phenoxy) is 1. The number of nitrogens with zero attached hydrogens (tertiary/aromatic N) is 5. The fraction of sp³-hybridized carbons (Fsp3) is 0.158. The van der Waals surface area contributed by atoms with Gasteiger partial charge in [0.25, 0.3) is 5.19 Å². The normalized spacial score (nSPS) is 11.0. The van der Waals surface area contributed by atoms with Crippen molar-refractivity contribution in [3.05, 3.63) is 73.9 Å². The zero-order valence-electron chi connectivity index (χ0n) is 15.2. The van der Waals surface area contributed by atoms with E-state index in [1.165, 1.54) is 20.7 Å². The molecule has 2 aromatic heterocycles. The Morgan fingerprint density at radius 3 is 2.71 bits per heavy atom. The van der Waals surface area contributed by atoms with Crippen molar-refractivity contribution in [1.82, 2.24) is 24.8 Å². The van der Waals surface area contributed by atoms with Crippen LogP contribution in [0.4, 0.5) is 0 Å². The SMILES string of the molecule is Cc1cccc(-n2nnn(C)c2=O)c1COc1nc(-c2ccccc2Br)cs1. The van der Waals surface area contributed by atoms with Crippen LogP contribution in [0, 0.1) is 6.92 Å². The van der Waals surface area contributed by atoms with E-state index in [0.717, 1.165) is 26.9 Å². The van der Waals surface area contributed by atoms with Crippen molar-refractivity contribution < 1.29 is 4.74 Å². The molecule has 2 heterocycles. The van der Waals surface area contributed by atoms with Gasteiger partial charge in [-0.3, -0.25) is 0 Å². The van der Waals surface area contributed by atoms with Crippen LogP contribution in [0.25, 0.3) is 16.9 Å². The van der Waals surface area contributed by atoms with Crippen molar-refractivity contribution >= 4 is 27.3 Å². The van der Waals surface area contributed by atoms with E-state index in [4.69, 9.17) is 4.74 Å². The number of rotatable bonds is 5. The molecule has 4 rings (SSSR count). The minimum Gasteiger partial charge on any atom is -0.465 e. The highest BCUT2D eigenvalue weighted by Crippen LogP contribution is 2.32. The summed E-state index contributed by atoms with van der Waals surface area (Å²) < 4.78 is 9.40. The van der Waals surface area contributed by atoms with Gasteiger partial charge in [0.1, 0.15) is 6.61 Å². The second-order valence-electron chi connectivity index (χ2n) is 6.14. The van der Waals surface area contributed by atoms with Gasteiger partial charge in [0.2, 0.25) is 0 Å². The van der Waals surface area contributed by atoms with Crippen LogP contribution in [-0.2, 0) is 13.7 Å². The van der Waals surface area contributed by atoms with Crippen molar-refractivity contribution in [2.45, 2.75) is 13.5 Å². The van der Waals surface area contributed by atoms with Gasteiger partial charge in [-0.1, -0.05) is 57.6 Å². The van der Waals surface area contributed by atoms with E-state index in [2.05, 4.69) is 31.3 Å². The molecule has 7 nitrogen and oxygen atoms in total. The minimum atomic E-state index is -0.308. The fourth-order valence-corrected chi connectivity index (χ4v) is 3.95. The molecule has 0 aliphatic carbocycles. The number of aromatic nitrogens is 5. The molecule has 0 spiro atoms. The Morgan fingerprint density at radius 1 is 1.14 bits per heavy atom. The molecule has 142 valence electrons. The molecule has 0 bridgehead atoms. The summed E-state index contributed by atoms with van der Waals surface area (Å²) in [7, 11) is 1.57. The number of hydrogen-bond donors (Lipinski definition) is 0. The molecular formula is C19H16BrN5O2S. The number of thiazole rings is 1. The number of aryl methyl sites for hydroxylation is 2. The highest BCUT2D eigenvalue weighted by atomic mass is 79.9. The molecule has 0 aliphatic heterocycles. The summed E-state index contributed by atoms with van der Waals surface area (Å²) in [6, 6.07) is 13.6. The van der Waals surface area contributed by atoms with Gasteiger partial charge < -0.3 is 4.74 Å². The molecule has 0 radical (unpaired) electrons. The molecule has 0 N–H and O–H groups in total. The third kappa shape index (κ3) is 3.50. The second kappa shape index (κ2) is 7.69. The molecule has 0 amide bonds. The van der Waals surface area contributed by atoms with Gasteiger partial charge in [0.05, 0.1) is 11.4 Å². The fourth-order valence-electron chi connectivity index (χ4n) is 2.79. The maximum Gasteiger partial charge on any atom is 0.368 e. The first-order valence-corrected chi connectivity index (χ1v) is 10.1. The van der Waals surface area contributed by atoms with E-state index in [9.17, 15) is 4.79 Å². The van der Waals surface area contributed by atoms with E-state index < -0.39 is 0 Å². The van der Waals surface area contributed by atoms with Crippen molar-refractivity contribution in [2.75, 3.05) is 0 Å². The van der Waals surface area contributed by atoms with Crippen molar-refractivity contribution in [1.29, 1.82) is 0 Å². The van der Waals surface area contributed by atoms with Gasteiger partial charge in [-0.2, -0.15) is 9.36 Å². The Hall–Kier alpha value is -2.78. The average molecular weight is 458 g/mol. The standard InChI is InChI=1S/C19H16BrN5O2S/c1-12-6-5-9-17(25-19(26)24(2)22-23-25)14(12)10-27-18-21-16(11-28-18)13-7-3-4-8-15(13)20/h3-9,11H,10H2,1-2H3. The molecule has 0 aliphatic rings. The summed E-state index contributed by atoms with van der Waals surface area (Å²) in [5, 5.41) is 10.2. The molecule has 0 saturated carbocycles. The van der Waals surface area contributed by atoms with Crippen LogP contribution >= 0.6 is 27.3 Å². The van der Waals surface area contributed by atoms with E-state index in [1.807, 2.05) is 54.8 Å². The predicted molar refractivity (Wildman–Crippen MR) is 111 cm³/mol. The Morgan fingerprint density at radius 2 is 1.96 bits per heavy atom. The highest BCUT2D eigenvalue weighted by Gasteiger charge is 2.15. The van der Waals surface area contributed by atoms with E-state index in [0.29, 0.717) is 10.9 Å². The van der Waals surface area contributed by atoms with Crippen LogP contribution in [0.15, 0.2) is 57.1 Å². The largest absolute Gasteiger partial charge is 0.465 e. The molecule has 0 atom stereocenters. The van der Waals surface area contributed by atoms with E-state index >= 15 is 0 Å². The Bertz CT molecular complexity index is 1200. The summed E-state index contributed by atoms with van der Waals surface area (Å²) >= 11 is 4.98. The maximum absolute atomic E-state index is 12.2. The van der Waals surface area contributed by atoms with Crippen LogP contribution < -0.4 is 10.4 Å². The predicted octanol–water partition coefficient (Wildman–Crippen LogP) is 3.74. The smallest absolute Gasteiger partial charge is 0.368 e. The average Bonchev–Trinajstić information content (AvgIpc) is 3.28. The number of hydrogen-bond acceptors (Lipinski definition) is 6. The zero-order valence-corrected chi connectivity index (χ0v) is 17.6. The van der Waals surface area contributed by atoms with Gasteiger partial charge in [-0.05, 0) is 35.0 Å². The first kappa shape index (κ1) is 18.6. The van der Waals surface area contributed by atoms with Crippen LogP contribution in [0.3, 0.4) is 0 Å². The molecule has 28 heavy (non-hydrogen) atoms. The maximum atomic E-state index is 12.2. The van der Waals surface area contributed by atoms with Gasteiger partial charge in [-0.15, -0.1) is 0 Å². The van der Waals surface area contributed by atoms with Crippen molar-refractivity contribution in [3.8, 4) is 22.1 Å². The highest BCUT2D eigenvalue weighted by molar-refractivity contribution is 9.10. The lowest BCUT2D eigenvalue weighted by Crippen LogP contribution is -2.23. The topological polar surface area (TPSA) is 74.8 Å². The third-order valence-corrected chi connectivity index (χ3v) is 5.75. The molecule has 9 heteroatoms. The summed E-state index contributed by atoms with van der Waals surface area (Å²) in [5.41, 5.74) is 4.07. The van der Waals surface area contributed by atoms with Gasteiger partial charge >= 0.3 is 5.69 Å². The van der Waals surface area contributed by atoms with Gasteiger partial charge in [-0.25, -0.2) is 9.78 Å². The lowest BCUT2D eigenvalue weighted by molar-refractivity contribution is 0.303. The van der Waals surface area contributed by atoms with Gasteiger partial charge in [0.15, 0.2) is 0 Å². The molecule has 0 saturated heterocycles. The quantitative estimate of drug-likeness (QED) is 0.456. The first-order valence-electron chi connectivity index (χ1n) is 8.45. The molecular weight excluding hydrogens is 442 g/mol. The molecule has 0 fully saturated rings. The summed E-state index contributed by atoms with van der Waals surface area (Å²) in [4.78, 5) is 16.8. The van der Waals surface area contributed by atoms with E-state index in [1.54, 1.807) is 7.05 Å². The third-order valence-electron chi connectivity index (χ3n) is 4.31. The van der Waals surface area contributed by atoms with Crippen LogP contribution in [0.1, 0.15) is 11.1 Å².